The zero-order valence-corrected chi connectivity index (χ0v) is 14.7. The lowest BCUT2D eigenvalue weighted by atomic mass is 9.88. The van der Waals surface area contributed by atoms with Gasteiger partial charge >= 0.3 is 0 Å². The molecule has 1 aliphatic rings. The van der Waals surface area contributed by atoms with Gasteiger partial charge in [0.25, 0.3) is 0 Å². The highest BCUT2D eigenvalue weighted by atomic mass is 32.1. The molecule has 21 heavy (non-hydrogen) atoms. The fourth-order valence-electron chi connectivity index (χ4n) is 3.24. The summed E-state index contributed by atoms with van der Waals surface area (Å²) in [6.45, 7) is 2.09. The molecule has 0 aliphatic carbocycles. The van der Waals surface area contributed by atoms with E-state index >= 15 is 0 Å². The van der Waals surface area contributed by atoms with Gasteiger partial charge in [0.2, 0.25) is 0 Å². The van der Waals surface area contributed by atoms with Gasteiger partial charge in [-0.2, -0.15) is 0 Å². The van der Waals surface area contributed by atoms with E-state index < -0.39 is 0 Å². The molecule has 0 N–H and O–H groups in total. The van der Waals surface area contributed by atoms with Gasteiger partial charge in [0.05, 0.1) is 0 Å². The summed E-state index contributed by atoms with van der Waals surface area (Å²) in [5, 5.41) is 2.18. The van der Waals surface area contributed by atoms with Crippen LogP contribution in [0.1, 0.15) is 23.8 Å². The Kier molecular flexibility index (Phi) is 5.65. The van der Waals surface area contributed by atoms with Crippen molar-refractivity contribution < 1.29 is 0 Å². The van der Waals surface area contributed by atoms with Crippen LogP contribution in [0.5, 0.6) is 0 Å². The van der Waals surface area contributed by atoms with Crippen LogP contribution in [0.25, 0.3) is 0 Å². The lowest BCUT2D eigenvalue weighted by Crippen LogP contribution is -2.39. The summed E-state index contributed by atoms with van der Waals surface area (Å²) in [4.78, 5) is 13.0. The maximum absolute atomic E-state index is 4.89. The highest BCUT2D eigenvalue weighted by Gasteiger charge is 2.31. The molecule has 0 bridgehead atoms. The average Bonchev–Trinajstić information content (AvgIpc) is 2.91. The Hall–Kier alpha value is -1.07. The summed E-state index contributed by atoms with van der Waals surface area (Å²) in [5.41, 5.74) is 0. The quantitative estimate of drug-likeness (QED) is 0.633. The van der Waals surface area contributed by atoms with Gasteiger partial charge in [-0.3, -0.25) is 9.89 Å². The van der Waals surface area contributed by atoms with Crippen molar-refractivity contribution in [2.75, 3.05) is 48.3 Å². The Balaban J connectivity index is 2.14. The van der Waals surface area contributed by atoms with Crippen LogP contribution < -0.4 is 0 Å². The van der Waals surface area contributed by atoms with Crippen LogP contribution >= 0.6 is 11.3 Å². The molecule has 1 aromatic heterocycles. The number of thiophene rings is 1. The minimum Gasteiger partial charge on any atom is -0.349 e. The molecule has 4 nitrogen and oxygen atoms in total. The Morgan fingerprint density at radius 2 is 2.05 bits per heavy atom. The van der Waals surface area contributed by atoms with Crippen LogP contribution in [0.3, 0.4) is 0 Å². The fraction of sp³-hybridized carbons (Fsp3) is 0.688. The maximum Gasteiger partial charge on any atom is 0.195 e. The smallest absolute Gasteiger partial charge is 0.195 e. The van der Waals surface area contributed by atoms with Crippen molar-refractivity contribution in [1.29, 1.82) is 0 Å². The van der Waals surface area contributed by atoms with Crippen molar-refractivity contribution in [1.82, 2.24) is 14.7 Å². The molecule has 1 saturated heterocycles. The van der Waals surface area contributed by atoms with E-state index in [-0.39, 0.29) is 0 Å². The molecule has 0 aromatic carbocycles. The molecule has 2 unspecified atom stereocenters. The third-order valence-corrected chi connectivity index (χ3v) is 5.05. The van der Waals surface area contributed by atoms with E-state index in [2.05, 4.69) is 67.5 Å². The number of hydrogen-bond donors (Lipinski definition) is 0. The first-order valence-electron chi connectivity index (χ1n) is 7.63. The SMILES string of the molecule is CN(C)C(=NCC1CCCN(C)C1c1cccs1)N(C)C. The molecule has 0 amide bonds. The third-order valence-electron chi connectivity index (χ3n) is 4.11. The molecule has 1 aromatic rings. The van der Waals surface area contributed by atoms with Gasteiger partial charge in [-0.1, -0.05) is 6.07 Å². The number of rotatable bonds is 3. The molecule has 0 spiro atoms. The molecule has 0 radical (unpaired) electrons. The fourth-order valence-corrected chi connectivity index (χ4v) is 4.22. The number of likely N-dealkylation sites (tertiary alicyclic amines) is 1. The van der Waals surface area contributed by atoms with Crippen molar-refractivity contribution in [2.24, 2.45) is 10.9 Å². The van der Waals surface area contributed by atoms with Crippen LogP contribution in [0.2, 0.25) is 0 Å². The topological polar surface area (TPSA) is 22.1 Å². The maximum atomic E-state index is 4.89. The summed E-state index contributed by atoms with van der Waals surface area (Å²) in [6, 6.07) is 4.95. The van der Waals surface area contributed by atoms with Gasteiger partial charge in [0.1, 0.15) is 0 Å². The molecule has 0 saturated carbocycles. The predicted octanol–water partition coefficient (Wildman–Crippen LogP) is 2.61. The summed E-state index contributed by atoms with van der Waals surface area (Å²) >= 11 is 1.87. The second kappa shape index (κ2) is 7.27. The highest BCUT2D eigenvalue weighted by molar-refractivity contribution is 7.10. The second-order valence-corrected chi connectivity index (χ2v) is 7.25. The van der Waals surface area contributed by atoms with Crippen molar-refractivity contribution in [3.05, 3.63) is 22.4 Å². The van der Waals surface area contributed by atoms with Gasteiger partial charge in [-0.15, -0.1) is 11.3 Å². The zero-order chi connectivity index (χ0) is 15.4. The first-order chi connectivity index (χ1) is 10.0. The summed E-state index contributed by atoms with van der Waals surface area (Å²) in [7, 11) is 10.5. The number of aliphatic imine (C=N–C) groups is 1. The van der Waals surface area contributed by atoms with Crippen LogP contribution in [-0.2, 0) is 0 Å². The number of guanidine groups is 1. The minimum absolute atomic E-state index is 0.521. The van der Waals surface area contributed by atoms with E-state index in [4.69, 9.17) is 4.99 Å². The summed E-state index contributed by atoms with van der Waals surface area (Å²) in [6.07, 6.45) is 2.54. The van der Waals surface area contributed by atoms with E-state index in [9.17, 15) is 0 Å². The van der Waals surface area contributed by atoms with Crippen LogP contribution in [0, 0.1) is 5.92 Å². The van der Waals surface area contributed by atoms with Gasteiger partial charge in [0.15, 0.2) is 5.96 Å². The molecule has 1 fully saturated rings. The predicted molar refractivity (Wildman–Crippen MR) is 92.1 cm³/mol. The zero-order valence-electron chi connectivity index (χ0n) is 13.9. The lowest BCUT2D eigenvalue weighted by Gasteiger charge is -2.38. The van der Waals surface area contributed by atoms with Crippen molar-refractivity contribution in [2.45, 2.75) is 18.9 Å². The summed E-state index contributed by atoms with van der Waals surface area (Å²) < 4.78 is 0. The average molecular weight is 308 g/mol. The van der Waals surface area contributed by atoms with Gasteiger partial charge in [-0.25, -0.2) is 0 Å². The lowest BCUT2D eigenvalue weighted by molar-refractivity contribution is 0.128. The Bertz CT molecular complexity index is 443. The molecule has 1 aliphatic heterocycles. The first kappa shape index (κ1) is 16.3. The summed E-state index contributed by atoms with van der Waals surface area (Å²) in [5.74, 6) is 1.66. The van der Waals surface area contributed by atoms with Crippen molar-refractivity contribution in [3.8, 4) is 0 Å². The van der Waals surface area contributed by atoms with E-state index in [1.54, 1.807) is 0 Å². The normalized spacial score (nSPS) is 22.9. The Morgan fingerprint density at radius 1 is 1.33 bits per heavy atom. The van der Waals surface area contributed by atoms with E-state index in [0.717, 1.165) is 12.5 Å². The van der Waals surface area contributed by atoms with Crippen molar-refractivity contribution in [3.63, 3.8) is 0 Å². The van der Waals surface area contributed by atoms with Crippen LogP contribution in [0.15, 0.2) is 22.5 Å². The largest absolute Gasteiger partial charge is 0.349 e. The second-order valence-electron chi connectivity index (χ2n) is 6.27. The number of piperidine rings is 1. The molecule has 2 rings (SSSR count). The van der Waals surface area contributed by atoms with E-state index in [0.29, 0.717) is 12.0 Å². The molecular formula is C16H28N4S. The van der Waals surface area contributed by atoms with Crippen molar-refractivity contribution >= 4 is 17.3 Å². The molecule has 2 heterocycles. The Morgan fingerprint density at radius 3 is 2.62 bits per heavy atom. The van der Waals surface area contributed by atoms with Gasteiger partial charge in [0, 0.05) is 45.7 Å². The molecule has 118 valence electrons. The monoisotopic (exact) mass is 308 g/mol. The molecule has 2 atom stereocenters. The van der Waals surface area contributed by atoms with E-state index in [1.807, 2.05) is 11.3 Å². The number of nitrogens with zero attached hydrogens (tertiary/aromatic N) is 4. The third kappa shape index (κ3) is 3.98. The van der Waals surface area contributed by atoms with E-state index in [1.165, 1.54) is 24.3 Å². The highest BCUT2D eigenvalue weighted by Crippen LogP contribution is 2.37. The number of hydrogen-bond acceptors (Lipinski definition) is 3. The first-order valence-corrected chi connectivity index (χ1v) is 8.51. The van der Waals surface area contributed by atoms with Crippen LogP contribution in [-0.4, -0.2) is 69.0 Å². The van der Waals surface area contributed by atoms with Gasteiger partial charge < -0.3 is 9.80 Å². The Labute approximate surface area is 133 Å². The minimum atomic E-state index is 0.521. The van der Waals surface area contributed by atoms with Gasteiger partial charge in [-0.05, 0) is 43.8 Å². The van der Waals surface area contributed by atoms with Crippen LogP contribution in [0.4, 0.5) is 0 Å². The molecular weight excluding hydrogens is 280 g/mol. The molecule has 5 heteroatoms. The standard InChI is InChI=1S/C16H28N4S/c1-18(2)16(19(3)4)17-12-13-8-6-10-20(5)15(13)14-9-7-11-21-14/h7,9,11,13,15H,6,8,10,12H2,1-5H3.